The van der Waals surface area contributed by atoms with E-state index < -0.39 is 5.97 Å². The standard InChI is InChI=1S/C16H17NO3/c1-2-20-16(19)11-17-15(18)10-13-8-5-7-12-6-3-4-9-14(12)13/h3-9H,2,10-11H2,1H3,(H,17,18). The fourth-order valence-electron chi connectivity index (χ4n) is 2.06. The van der Waals surface area contributed by atoms with E-state index in [0.717, 1.165) is 16.3 Å². The molecule has 0 aromatic heterocycles. The molecule has 2 rings (SSSR count). The zero-order valence-electron chi connectivity index (χ0n) is 11.4. The zero-order chi connectivity index (χ0) is 14.4. The Hall–Kier alpha value is -2.36. The summed E-state index contributed by atoms with van der Waals surface area (Å²) < 4.78 is 4.76. The number of hydrogen-bond acceptors (Lipinski definition) is 3. The van der Waals surface area contributed by atoms with E-state index in [1.807, 2.05) is 42.5 Å². The highest BCUT2D eigenvalue weighted by Crippen LogP contribution is 2.18. The zero-order valence-corrected chi connectivity index (χ0v) is 11.4. The summed E-state index contributed by atoms with van der Waals surface area (Å²) in [7, 11) is 0. The Kier molecular flexibility index (Phi) is 4.71. The first kappa shape index (κ1) is 14.1. The van der Waals surface area contributed by atoms with Crippen LogP contribution in [0.4, 0.5) is 0 Å². The second-order valence-corrected chi connectivity index (χ2v) is 4.40. The minimum Gasteiger partial charge on any atom is -0.465 e. The van der Waals surface area contributed by atoms with Gasteiger partial charge in [-0.2, -0.15) is 0 Å². The van der Waals surface area contributed by atoms with Gasteiger partial charge in [0, 0.05) is 0 Å². The summed E-state index contributed by atoms with van der Waals surface area (Å²) in [5.74, 6) is -0.604. The molecule has 2 aromatic rings. The molecule has 0 bridgehead atoms. The van der Waals surface area contributed by atoms with Crippen LogP contribution in [-0.2, 0) is 20.7 Å². The smallest absolute Gasteiger partial charge is 0.325 e. The first-order chi connectivity index (χ1) is 9.70. The maximum atomic E-state index is 11.8. The predicted octanol–water partition coefficient (Wildman–Crippen LogP) is 2.06. The Labute approximate surface area is 117 Å². The fourth-order valence-corrected chi connectivity index (χ4v) is 2.06. The second kappa shape index (κ2) is 6.70. The molecule has 104 valence electrons. The van der Waals surface area contributed by atoms with Crippen molar-refractivity contribution in [3.05, 3.63) is 48.0 Å². The summed E-state index contributed by atoms with van der Waals surface area (Å²) in [5, 5.41) is 4.72. The molecule has 0 saturated heterocycles. The van der Waals surface area contributed by atoms with Gasteiger partial charge in [0.1, 0.15) is 6.54 Å². The SMILES string of the molecule is CCOC(=O)CNC(=O)Cc1cccc2ccccc12. The summed E-state index contributed by atoms with van der Waals surface area (Å²) in [6.45, 7) is 1.96. The average molecular weight is 271 g/mol. The predicted molar refractivity (Wildman–Crippen MR) is 77.3 cm³/mol. The van der Waals surface area contributed by atoms with Crippen LogP contribution in [0.3, 0.4) is 0 Å². The minimum absolute atomic E-state index is 0.0859. The van der Waals surface area contributed by atoms with E-state index in [2.05, 4.69) is 5.32 Å². The number of benzene rings is 2. The highest BCUT2D eigenvalue weighted by atomic mass is 16.5. The van der Waals surface area contributed by atoms with Gasteiger partial charge in [-0.15, -0.1) is 0 Å². The number of fused-ring (bicyclic) bond motifs is 1. The first-order valence-corrected chi connectivity index (χ1v) is 6.59. The second-order valence-electron chi connectivity index (χ2n) is 4.40. The van der Waals surface area contributed by atoms with Crippen LogP contribution < -0.4 is 5.32 Å². The highest BCUT2D eigenvalue weighted by Gasteiger charge is 2.08. The van der Waals surface area contributed by atoms with Crippen molar-refractivity contribution in [2.75, 3.05) is 13.2 Å². The van der Waals surface area contributed by atoms with Gasteiger partial charge >= 0.3 is 5.97 Å². The summed E-state index contributed by atoms with van der Waals surface area (Å²) in [6, 6.07) is 13.8. The van der Waals surface area contributed by atoms with Crippen LogP contribution in [0.2, 0.25) is 0 Å². The van der Waals surface area contributed by atoms with Gasteiger partial charge in [0.05, 0.1) is 13.0 Å². The molecule has 0 heterocycles. The first-order valence-electron chi connectivity index (χ1n) is 6.59. The Bertz CT molecular complexity index is 617. The van der Waals surface area contributed by atoms with E-state index in [1.165, 1.54) is 0 Å². The topological polar surface area (TPSA) is 55.4 Å². The van der Waals surface area contributed by atoms with Gasteiger partial charge in [0.25, 0.3) is 0 Å². The third kappa shape index (κ3) is 3.57. The maximum Gasteiger partial charge on any atom is 0.325 e. The van der Waals surface area contributed by atoms with Gasteiger partial charge in [0.15, 0.2) is 0 Å². The number of esters is 1. The largest absolute Gasteiger partial charge is 0.465 e. The molecule has 0 aliphatic rings. The van der Waals surface area contributed by atoms with Crippen LogP contribution >= 0.6 is 0 Å². The lowest BCUT2D eigenvalue weighted by Crippen LogP contribution is -2.31. The van der Waals surface area contributed by atoms with Gasteiger partial charge in [-0.05, 0) is 23.3 Å². The van der Waals surface area contributed by atoms with E-state index in [9.17, 15) is 9.59 Å². The van der Waals surface area contributed by atoms with Gasteiger partial charge in [-0.3, -0.25) is 9.59 Å². The number of rotatable bonds is 5. The number of nitrogens with one attached hydrogen (secondary N) is 1. The van der Waals surface area contributed by atoms with Crippen molar-refractivity contribution in [1.82, 2.24) is 5.32 Å². The lowest BCUT2D eigenvalue weighted by Gasteiger charge is -2.07. The van der Waals surface area contributed by atoms with Crippen molar-refractivity contribution < 1.29 is 14.3 Å². The Morgan fingerprint density at radius 1 is 1.10 bits per heavy atom. The molecule has 0 atom stereocenters. The molecule has 4 heteroatoms. The van der Waals surface area contributed by atoms with E-state index >= 15 is 0 Å². The number of carbonyl (C=O) groups excluding carboxylic acids is 2. The van der Waals surface area contributed by atoms with Crippen molar-refractivity contribution in [2.24, 2.45) is 0 Å². The van der Waals surface area contributed by atoms with Crippen LogP contribution in [0.15, 0.2) is 42.5 Å². The van der Waals surface area contributed by atoms with Gasteiger partial charge in [0.2, 0.25) is 5.91 Å². The fraction of sp³-hybridized carbons (Fsp3) is 0.250. The summed E-state index contributed by atoms with van der Waals surface area (Å²) >= 11 is 0. The molecule has 20 heavy (non-hydrogen) atoms. The molecule has 0 radical (unpaired) electrons. The van der Waals surface area contributed by atoms with Gasteiger partial charge < -0.3 is 10.1 Å². The number of hydrogen-bond donors (Lipinski definition) is 1. The van der Waals surface area contributed by atoms with Crippen molar-refractivity contribution in [2.45, 2.75) is 13.3 Å². The Morgan fingerprint density at radius 2 is 1.85 bits per heavy atom. The van der Waals surface area contributed by atoms with Crippen LogP contribution in [0, 0.1) is 0 Å². The highest BCUT2D eigenvalue weighted by molar-refractivity contribution is 5.91. The number of carbonyl (C=O) groups is 2. The van der Waals surface area contributed by atoms with E-state index in [-0.39, 0.29) is 18.9 Å². The molecule has 0 spiro atoms. The number of ether oxygens (including phenoxy) is 1. The maximum absolute atomic E-state index is 11.8. The molecule has 0 unspecified atom stereocenters. The molecule has 0 fully saturated rings. The summed E-state index contributed by atoms with van der Waals surface area (Å²) in [5.41, 5.74) is 0.949. The van der Waals surface area contributed by atoms with Gasteiger partial charge in [-0.25, -0.2) is 0 Å². The van der Waals surface area contributed by atoms with Crippen LogP contribution in [0.5, 0.6) is 0 Å². The third-order valence-electron chi connectivity index (χ3n) is 2.97. The summed E-state index contributed by atoms with van der Waals surface area (Å²) in [4.78, 5) is 23.0. The average Bonchev–Trinajstić information content (AvgIpc) is 2.46. The van der Waals surface area contributed by atoms with E-state index in [1.54, 1.807) is 6.92 Å². The van der Waals surface area contributed by atoms with Crippen molar-refractivity contribution >= 4 is 22.6 Å². The molecule has 1 N–H and O–H groups in total. The lowest BCUT2D eigenvalue weighted by molar-refractivity contribution is -0.143. The van der Waals surface area contributed by atoms with Crippen molar-refractivity contribution in [1.29, 1.82) is 0 Å². The minimum atomic E-state index is -0.418. The van der Waals surface area contributed by atoms with Gasteiger partial charge in [-0.1, -0.05) is 42.5 Å². The van der Waals surface area contributed by atoms with E-state index in [0.29, 0.717) is 6.61 Å². The molecule has 0 saturated carbocycles. The number of amides is 1. The van der Waals surface area contributed by atoms with Crippen LogP contribution in [0.1, 0.15) is 12.5 Å². The molecule has 2 aromatic carbocycles. The lowest BCUT2D eigenvalue weighted by atomic mass is 10.0. The van der Waals surface area contributed by atoms with Crippen LogP contribution in [0.25, 0.3) is 10.8 Å². The Balaban J connectivity index is 2.01. The van der Waals surface area contributed by atoms with Crippen LogP contribution in [-0.4, -0.2) is 25.0 Å². The molecule has 0 aliphatic carbocycles. The third-order valence-corrected chi connectivity index (χ3v) is 2.97. The molecule has 1 amide bonds. The van der Waals surface area contributed by atoms with Crippen molar-refractivity contribution in [3.63, 3.8) is 0 Å². The quantitative estimate of drug-likeness (QED) is 0.847. The van der Waals surface area contributed by atoms with Crippen molar-refractivity contribution in [3.8, 4) is 0 Å². The summed E-state index contributed by atoms with van der Waals surface area (Å²) in [6.07, 6.45) is 0.251. The normalized spacial score (nSPS) is 10.2. The molecule has 0 aliphatic heterocycles. The monoisotopic (exact) mass is 271 g/mol. The molecular weight excluding hydrogens is 254 g/mol. The molecular formula is C16H17NO3. The molecule has 4 nitrogen and oxygen atoms in total. The Morgan fingerprint density at radius 3 is 2.65 bits per heavy atom. The van der Waals surface area contributed by atoms with E-state index in [4.69, 9.17) is 4.74 Å².